The summed E-state index contributed by atoms with van der Waals surface area (Å²) in [4.78, 5) is 25.7. The standard InChI is InChI=1S/C16H16F3N3O2/c17-16(18,19)7-22-8-21(6-12(22)23)15(24)20-14-11-5-9-3-1-2-4-10(9)13(11)14/h1-4,11,13-14H,5-8H2,(H,20,24)/t11-,13+,14+/m0/s1. The molecule has 0 bridgehead atoms. The molecule has 0 spiro atoms. The fourth-order valence-electron chi connectivity index (χ4n) is 3.87. The van der Waals surface area contributed by atoms with Crippen LogP contribution in [0.4, 0.5) is 18.0 Å². The van der Waals surface area contributed by atoms with Gasteiger partial charge in [-0.05, 0) is 23.5 Å². The Kier molecular flexibility index (Phi) is 3.26. The molecular formula is C16H16F3N3O2. The number of nitrogens with one attached hydrogen (secondary N) is 1. The van der Waals surface area contributed by atoms with Crippen LogP contribution >= 0.6 is 0 Å². The molecule has 3 amide bonds. The molecule has 2 fully saturated rings. The highest BCUT2D eigenvalue weighted by molar-refractivity contribution is 5.87. The number of hydrogen-bond acceptors (Lipinski definition) is 2. The van der Waals surface area contributed by atoms with E-state index in [9.17, 15) is 22.8 Å². The summed E-state index contributed by atoms with van der Waals surface area (Å²) in [7, 11) is 0. The fraction of sp³-hybridized carbons (Fsp3) is 0.500. The van der Waals surface area contributed by atoms with Crippen LogP contribution in [0.25, 0.3) is 0 Å². The minimum absolute atomic E-state index is 0.0131. The average Bonchev–Trinajstić information content (AvgIpc) is 2.86. The predicted molar refractivity (Wildman–Crippen MR) is 78.0 cm³/mol. The number of carbonyl (C=O) groups is 2. The number of nitrogens with zero attached hydrogens (tertiary/aromatic N) is 2. The van der Waals surface area contributed by atoms with Crippen molar-refractivity contribution >= 4 is 11.9 Å². The van der Waals surface area contributed by atoms with E-state index >= 15 is 0 Å². The summed E-state index contributed by atoms with van der Waals surface area (Å²) in [5, 5.41) is 2.87. The number of halogens is 3. The van der Waals surface area contributed by atoms with Gasteiger partial charge in [0.15, 0.2) is 0 Å². The van der Waals surface area contributed by atoms with Crippen LogP contribution in [0.3, 0.4) is 0 Å². The zero-order valence-corrected chi connectivity index (χ0v) is 12.7. The van der Waals surface area contributed by atoms with Gasteiger partial charge in [-0.15, -0.1) is 0 Å². The maximum absolute atomic E-state index is 12.4. The van der Waals surface area contributed by atoms with Crippen molar-refractivity contribution in [1.82, 2.24) is 15.1 Å². The second-order valence-corrected chi connectivity index (χ2v) is 6.61. The van der Waals surface area contributed by atoms with Gasteiger partial charge in [-0.1, -0.05) is 24.3 Å². The normalized spacial score (nSPS) is 28.0. The minimum atomic E-state index is -4.46. The first-order chi connectivity index (χ1) is 11.3. The lowest BCUT2D eigenvalue weighted by Gasteiger charge is -2.20. The van der Waals surface area contributed by atoms with E-state index in [0.29, 0.717) is 10.8 Å². The van der Waals surface area contributed by atoms with Crippen molar-refractivity contribution in [3.8, 4) is 0 Å². The maximum atomic E-state index is 12.4. The Morgan fingerprint density at radius 2 is 2.04 bits per heavy atom. The lowest BCUT2D eigenvalue weighted by Crippen LogP contribution is -2.42. The molecule has 3 aliphatic rings. The zero-order chi connectivity index (χ0) is 17.1. The number of amides is 3. The van der Waals surface area contributed by atoms with Crippen molar-refractivity contribution in [1.29, 1.82) is 0 Å². The number of rotatable bonds is 2. The van der Waals surface area contributed by atoms with Crippen LogP contribution in [-0.2, 0) is 11.2 Å². The zero-order valence-electron chi connectivity index (χ0n) is 12.7. The molecule has 8 heteroatoms. The first-order valence-electron chi connectivity index (χ1n) is 7.81. The van der Waals surface area contributed by atoms with Crippen LogP contribution in [-0.4, -0.2) is 53.7 Å². The van der Waals surface area contributed by atoms with E-state index in [1.54, 1.807) is 0 Å². The average molecular weight is 339 g/mol. The van der Waals surface area contributed by atoms with Gasteiger partial charge >= 0.3 is 12.2 Å². The third-order valence-electron chi connectivity index (χ3n) is 5.01. The van der Waals surface area contributed by atoms with Gasteiger partial charge in [-0.25, -0.2) is 4.79 Å². The monoisotopic (exact) mass is 339 g/mol. The summed E-state index contributed by atoms with van der Waals surface area (Å²) in [6.45, 7) is -1.94. The molecular weight excluding hydrogens is 323 g/mol. The molecule has 128 valence electrons. The molecule has 1 aliphatic heterocycles. The number of urea groups is 1. The van der Waals surface area contributed by atoms with Gasteiger partial charge in [-0.3, -0.25) is 9.69 Å². The summed E-state index contributed by atoms with van der Waals surface area (Å²) in [5.41, 5.74) is 2.54. The summed E-state index contributed by atoms with van der Waals surface area (Å²) < 4.78 is 37.2. The quantitative estimate of drug-likeness (QED) is 0.892. The van der Waals surface area contributed by atoms with E-state index in [0.717, 1.165) is 11.3 Å². The smallest absolute Gasteiger partial charge is 0.334 e. The van der Waals surface area contributed by atoms with Crippen molar-refractivity contribution in [3.05, 3.63) is 35.4 Å². The lowest BCUT2D eigenvalue weighted by molar-refractivity contribution is -0.157. The van der Waals surface area contributed by atoms with Gasteiger partial charge in [-0.2, -0.15) is 13.2 Å². The molecule has 1 aromatic rings. The summed E-state index contributed by atoms with van der Waals surface area (Å²) in [6, 6.07) is 7.63. The van der Waals surface area contributed by atoms with Gasteiger partial charge in [0.25, 0.3) is 0 Å². The van der Waals surface area contributed by atoms with Crippen molar-refractivity contribution in [2.45, 2.75) is 24.6 Å². The first kappa shape index (κ1) is 15.3. The molecule has 3 atom stereocenters. The van der Waals surface area contributed by atoms with Crippen molar-refractivity contribution in [2.75, 3.05) is 19.8 Å². The number of carbonyl (C=O) groups excluding carboxylic acids is 2. The summed E-state index contributed by atoms with van der Waals surface area (Å²) >= 11 is 0. The number of benzene rings is 1. The van der Waals surface area contributed by atoms with E-state index in [-0.39, 0.29) is 25.2 Å². The van der Waals surface area contributed by atoms with E-state index in [4.69, 9.17) is 0 Å². The van der Waals surface area contributed by atoms with E-state index in [1.165, 1.54) is 11.1 Å². The minimum Gasteiger partial charge on any atom is -0.334 e. The van der Waals surface area contributed by atoms with Gasteiger partial charge < -0.3 is 10.2 Å². The Balaban J connectivity index is 1.35. The molecule has 1 saturated heterocycles. The molecule has 1 saturated carbocycles. The number of fused-ring (bicyclic) bond motifs is 3. The third-order valence-corrected chi connectivity index (χ3v) is 5.01. The van der Waals surface area contributed by atoms with Crippen LogP contribution in [0.15, 0.2) is 24.3 Å². The largest absolute Gasteiger partial charge is 0.406 e. The molecule has 0 unspecified atom stereocenters. The van der Waals surface area contributed by atoms with E-state index in [2.05, 4.69) is 17.4 Å². The van der Waals surface area contributed by atoms with Crippen LogP contribution in [0.1, 0.15) is 17.0 Å². The van der Waals surface area contributed by atoms with Gasteiger partial charge in [0.1, 0.15) is 13.1 Å². The Bertz CT molecular complexity index is 706. The van der Waals surface area contributed by atoms with E-state index < -0.39 is 24.7 Å². The first-order valence-corrected chi connectivity index (χ1v) is 7.81. The van der Waals surface area contributed by atoms with Gasteiger partial charge in [0.2, 0.25) is 5.91 Å². The third kappa shape index (κ3) is 2.59. The second-order valence-electron chi connectivity index (χ2n) is 6.61. The van der Waals surface area contributed by atoms with E-state index in [1.807, 2.05) is 12.1 Å². The highest BCUT2D eigenvalue weighted by Crippen LogP contribution is 2.56. The molecule has 24 heavy (non-hydrogen) atoms. The van der Waals surface area contributed by atoms with Gasteiger partial charge in [0.05, 0.1) is 6.67 Å². The number of hydrogen-bond donors (Lipinski definition) is 1. The Morgan fingerprint density at radius 1 is 1.29 bits per heavy atom. The molecule has 1 heterocycles. The Labute approximate surface area is 136 Å². The van der Waals surface area contributed by atoms with Crippen LogP contribution in [0.2, 0.25) is 0 Å². The maximum Gasteiger partial charge on any atom is 0.406 e. The second kappa shape index (κ2) is 5.12. The SMILES string of the molecule is O=C1CN(C(=O)N[C@@H]2[C@H]3Cc4ccccc4[C@H]32)CN1CC(F)(F)F. The van der Waals surface area contributed by atoms with Crippen molar-refractivity contribution in [2.24, 2.45) is 5.92 Å². The molecule has 2 aliphatic carbocycles. The van der Waals surface area contributed by atoms with Crippen LogP contribution in [0.5, 0.6) is 0 Å². The Morgan fingerprint density at radius 3 is 2.79 bits per heavy atom. The topological polar surface area (TPSA) is 52.7 Å². The van der Waals surface area contributed by atoms with Gasteiger partial charge in [0, 0.05) is 12.0 Å². The van der Waals surface area contributed by atoms with Crippen molar-refractivity contribution in [3.63, 3.8) is 0 Å². The summed E-state index contributed by atoms with van der Waals surface area (Å²) in [6.07, 6.45) is -3.55. The van der Waals surface area contributed by atoms with Crippen LogP contribution in [0, 0.1) is 5.92 Å². The molecule has 0 aromatic heterocycles. The van der Waals surface area contributed by atoms with Crippen LogP contribution < -0.4 is 5.32 Å². The van der Waals surface area contributed by atoms with Crippen molar-refractivity contribution < 1.29 is 22.8 Å². The molecule has 0 radical (unpaired) electrons. The fourth-order valence-corrected chi connectivity index (χ4v) is 3.87. The lowest BCUT2D eigenvalue weighted by atomic mass is 10.1. The molecule has 5 nitrogen and oxygen atoms in total. The summed E-state index contributed by atoms with van der Waals surface area (Å²) in [5.74, 6) is -0.0329. The predicted octanol–water partition coefficient (Wildman–Crippen LogP) is 1.70. The number of alkyl halides is 3. The molecule has 1 N–H and O–H groups in total. The highest BCUT2D eigenvalue weighted by atomic mass is 19.4. The Hall–Kier alpha value is -2.25. The molecule has 1 aromatic carbocycles. The molecule has 4 rings (SSSR count). The highest BCUT2D eigenvalue weighted by Gasteiger charge is 2.56.